The van der Waals surface area contributed by atoms with Crippen LogP contribution in [-0.2, 0) is 59.2 Å². The van der Waals surface area contributed by atoms with Gasteiger partial charge in [0.1, 0.15) is 54.1 Å². The molecule has 1 aromatic rings. The van der Waals surface area contributed by atoms with Gasteiger partial charge in [-0.05, 0) is 92.9 Å². The Morgan fingerprint density at radius 2 is 1.00 bits per heavy atom. The summed E-state index contributed by atoms with van der Waals surface area (Å²) in [6.45, 7) is 13.4. The lowest BCUT2D eigenvalue weighted by molar-refractivity contribution is -0.145. The molecule has 0 fully saturated rings. The molecule has 0 spiro atoms. The van der Waals surface area contributed by atoms with Gasteiger partial charge in [0.2, 0.25) is 47.3 Å². The molecule has 20 N–H and O–H groups in total. The van der Waals surface area contributed by atoms with Crippen LogP contribution in [0.3, 0.4) is 0 Å². The van der Waals surface area contributed by atoms with E-state index in [1.165, 1.54) is 32.9 Å². The van der Waals surface area contributed by atoms with Gasteiger partial charge >= 0.3 is 17.9 Å². The third-order valence-corrected chi connectivity index (χ3v) is 12.8. The molecule has 8 amide bonds. The SMILES string of the molecule is CC[C@H](C)[C@H](NC(=O)[C@H](CC(=O)O)NC(=O)[C@H](CCC(=O)O)NC(=O)[C@@H](NC(=O)[C@H](CC(C)C)NC(=O)[C@H](CCCN=C(N)N)NC(=O)[C@H](CCCCN)NC(=O)[C@H](Cc1ccc(O)cc1)NC(=O)[C@@H](N)C(C)C)C(C)C)C(=O)O. The molecule has 1 aromatic carbocycles. The lowest BCUT2D eigenvalue weighted by Crippen LogP contribution is -2.61. The Morgan fingerprint density at radius 3 is 1.48 bits per heavy atom. The molecule has 0 bridgehead atoms. The minimum absolute atomic E-state index is 0.0131. The number of nitrogens with two attached hydrogens (primary N) is 4. The first kappa shape index (κ1) is 70.4. The van der Waals surface area contributed by atoms with E-state index >= 15 is 0 Å². The predicted molar refractivity (Wildman–Crippen MR) is 293 cm³/mol. The third kappa shape index (κ3) is 26.4. The van der Waals surface area contributed by atoms with Gasteiger partial charge in [-0.25, -0.2) is 4.79 Å². The maximum Gasteiger partial charge on any atom is 0.326 e. The summed E-state index contributed by atoms with van der Waals surface area (Å²) >= 11 is 0. The zero-order valence-corrected chi connectivity index (χ0v) is 47.0. The number of hydrogen-bond acceptors (Lipinski definition) is 15. The number of carboxylic acid groups (broad SMARTS) is 3. The molecule has 28 heteroatoms. The Balaban J connectivity index is 3.62. The third-order valence-electron chi connectivity index (χ3n) is 12.8. The fourth-order valence-electron chi connectivity index (χ4n) is 7.88. The number of benzene rings is 1. The average Bonchev–Trinajstić information content (AvgIpc) is 3.37. The predicted octanol–water partition coefficient (Wildman–Crippen LogP) is -1.85. The number of aliphatic carboxylic acids is 3. The van der Waals surface area contributed by atoms with E-state index in [1.54, 1.807) is 46.8 Å². The fourth-order valence-corrected chi connectivity index (χ4v) is 7.88. The Kier molecular flexibility index (Phi) is 31.5. The van der Waals surface area contributed by atoms with Crippen LogP contribution in [0.5, 0.6) is 5.75 Å². The van der Waals surface area contributed by atoms with Crippen LogP contribution in [0.15, 0.2) is 29.3 Å². The number of rotatable bonds is 38. The summed E-state index contributed by atoms with van der Waals surface area (Å²) in [6, 6.07) is -6.99. The topological polar surface area (TPSA) is 481 Å². The molecule has 1 rings (SSSR count). The Bertz CT molecular complexity index is 2280. The zero-order valence-electron chi connectivity index (χ0n) is 47.0. The van der Waals surface area contributed by atoms with Gasteiger partial charge in [-0.2, -0.15) is 0 Å². The van der Waals surface area contributed by atoms with Crippen molar-refractivity contribution in [1.82, 2.24) is 42.5 Å². The molecule has 450 valence electrons. The number of guanidine groups is 1. The van der Waals surface area contributed by atoms with Crippen molar-refractivity contribution < 1.29 is 73.2 Å². The molecule has 10 atom stereocenters. The first-order valence-corrected chi connectivity index (χ1v) is 26.8. The van der Waals surface area contributed by atoms with E-state index in [0.717, 1.165) is 0 Å². The maximum absolute atomic E-state index is 14.4. The highest BCUT2D eigenvalue weighted by Crippen LogP contribution is 2.15. The molecule has 0 aliphatic rings. The number of phenols is 1. The van der Waals surface area contributed by atoms with Crippen molar-refractivity contribution in [2.24, 2.45) is 51.6 Å². The lowest BCUT2D eigenvalue weighted by Gasteiger charge is -2.29. The van der Waals surface area contributed by atoms with E-state index in [2.05, 4.69) is 47.5 Å². The smallest absolute Gasteiger partial charge is 0.326 e. The van der Waals surface area contributed by atoms with Crippen molar-refractivity contribution in [2.45, 2.75) is 180 Å². The lowest BCUT2D eigenvalue weighted by atomic mass is 9.98. The number of amides is 8. The monoisotopic (exact) mass is 1130 g/mol. The molecule has 28 nitrogen and oxygen atoms in total. The molecule has 80 heavy (non-hydrogen) atoms. The largest absolute Gasteiger partial charge is 0.508 e. The van der Waals surface area contributed by atoms with E-state index in [-0.39, 0.29) is 68.7 Å². The molecule has 0 radical (unpaired) electrons. The molecule has 0 saturated heterocycles. The molecule has 0 saturated carbocycles. The second kappa shape index (κ2) is 35.8. The van der Waals surface area contributed by atoms with Crippen molar-refractivity contribution in [2.75, 3.05) is 13.1 Å². The summed E-state index contributed by atoms with van der Waals surface area (Å²) in [5.74, 6) is -14.0. The Morgan fingerprint density at radius 1 is 0.537 bits per heavy atom. The Hall–Kier alpha value is -7.62. The average molecular weight is 1130 g/mol. The second-order valence-corrected chi connectivity index (χ2v) is 20.8. The van der Waals surface area contributed by atoms with Gasteiger partial charge in [-0.15, -0.1) is 0 Å². The highest BCUT2D eigenvalue weighted by Gasteiger charge is 2.37. The standard InChI is InChI=1S/C52H87N13O15/c1-9-29(8)42(51(79)80)65-48(76)37(25-39(69)70)62-45(73)34(19-20-38(67)68)60-50(78)41(28(6)7)64-47(75)35(23-26(2)3)61-44(72)33(14-12-22-57-52(55)56)58-43(71)32(13-10-11-21-53)59-46(74)36(63-49(77)40(54)27(4)5)24-30-15-17-31(66)18-16-30/h15-18,26-29,32-37,40-42,66H,9-14,19-25,53-54H2,1-8H3,(H,58,71)(H,59,74)(H,60,78)(H,61,72)(H,62,73)(H,63,77)(H,64,75)(H,65,76)(H,67,68)(H,69,70)(H,79,80)(H4,55,56,57)/t29-,32-,33-,34-,35-,36-,37-,40-,41-,42-/m0/s1. The summed E-state index contributed by atoms with van der Waals surface area (Å²) < 4.78 is 0. The van der Waals surface area contributed by atoms with Crippen LogP contribution in [-0.4, -0.2) is 159 Å². The number of phenolic OH excluding ortho intramolecular Hbond substituents is 1. The fraction of sp³-hybridized carbons (Fsp3) is 0.654. The van der Waals surface area contributed by atoms with Crippen LogP contribution in [0, 0.1) is 23.7 Å². The highest BCUT2D eigenvalue weighted by molar-refractivity contribution is 5.99. The van der Waals surface area contributed by atoms with Crippen LogP contribution in [0.25, 0.3) is 0 Å². The van der Waals surface area contributed by atoms with Crippen molar-refractivity contribution in [3.05, 3.63) is 29.8 Å². The minimum atomic E-state index is -1.87. The number of aromatic hydroxyl groups is 1. The van der Waals surface area contributed by atoms with E-state index in [1.807, 2.05) is 0 Å². The number of carbonyl (C=O) groups excluding carboxylic acids is 8. The molecule has 0 heterocycles. The van der Waals surface area contributed by atoms with Crippen molar-refractivity contribution in [3.63, 3.8) is 0 Å². The summed E-state index contributed by atoms with van der Waals surface area (Å²) in [7, 11) is 0. The number of carbonyl (C=O) groups is 11. The van der Waals surface area contributed by atoms with Gasteiger partial charge in [-0.1, -0.05) is 73.9 Å². The zero-order chi connectivity index (χ0) is 61.0. The molecule has 0 unspecified atom stereocenters. The van der Waals surface area contributed by atoms with Crippen molar-refractivity contribution >= 4 is 71.1 Å². The number of hydrogen-bond donors (Lipinski definition) is 16. The van der Waals surface area contributed by atoms with Gasteiger partial charge < -0.3 is 85.9 Å². The summed E-state index contributed by atoms with van der Waals surface area (Å²) in [6.07, 6.45) is -1.28. The number of unbranched alkanes of at least 4 members (excludes halogenated alkanes) is 1. The van der Waals surface area contributed by atoms with Crippen LogP contribution in [0.4, 0.5) is 0 Å². The second-order valence-electron chi connectivity index (χ2n) is 20.8. The quantitative estimate of drug-likeness (QED) is 0.0196. The van der Waals surface area contributed by atoms with Gasteiger partial charge in [0, 0.05) is 19.4 Å². The first-order chi connectivity index (χ1) is 37.4. The summed E-state index contributed by atoms with van der Waals surface area (Å²) in [4.78, 5) is 151. The van der Waals surface area contributed by atoms with E-state index in [0.29, 0.717) is 24.8 Å². The summed E-state index contributed by atoms with van der Waals surface area (Å²) in [5.41, 5.74) is 23.5. The summed E-state index contributed by atoms with van der Waals surface area (Å²) in [5, 5.41) is 58.7. The van der Waals surface area contributed by atoms with Gasteiger partial charge in [0.05, 0.1) is 12.5 Å². The van der Waals surface area contributed by atoms with Crippen LogP contribution < -0.4 is 65.5 Å². The normalized spacial score (nSPS) is 15.0. The first-order valence-electron chi connectivity index (χ1n) is 26.8. The van der Waals surface area contributed by atoms with Crippen LogP contribution >= 0.6 is 0 Å². The van der Waals surface area contributed by atoms with Crippen molar-refractivity contribution in [3.8, 4) is 5.75 Å². The van der Waals surface area contributed by atoms with Crippen LogP contribution in [0.2, 0.25) is 0 Å². The van der Waals surface area contributed by atoms with E-state index < -0.39 is 151 Å². The Labute approximate surface area is 466 Å². The molecule has 0 aliphatic carbocycles. The minimum Gasteiger partial charge on any atom is -0.508 e. The number of nitrogens with zero attached hydrogens (tertiary/aromatic N) is 1. The molecular formula is C52H87N13O15. The number of nitrogens with one attached hydrogen (secondary N) is 8. The number of carboxylic acids is 3. The molecule has 0 aromatic heterocycles. The van der Waals surface area contributed by atoms with E-state index in [9.17, 15) is 73.2 Å². The van der Waals surface area contributed by atoms with Gasteiger partial charge in [0.25, 0.3) is 0 Å². The maximum atomic E-state index is 14.4. The van der Waals surface area contributed by atoms with Gasteiger partial charge in [0.15, 0.2) is 5.96 Å². The van der Waals surface area contributed by atoms with E-state index in [4.69, 9.17) is 22.9 Å². The number of aliphatic imine (C=N–C) groups is 1. The van der Waals surface area contributed by atoms with Gasteiger partial charge in [-0.3, -0.25) is 52.9 Å². The molecular weight excluding hydrogens is 1050 g/mol. The van der Waals surface area contributed by atoms with Crippen LogP contribution in [0.1, 0.15) is 125 Å². The molecule has 0 aliphatic heterocycles. The van der Waals surface area contributed by atoms with Crippen molar-refractivity contribution in [1.29, 1.82) is 0 Å². The highest BCUT2D eigenvalue weighted by atomic mass is 16.4.